The second kappa shape index (κ2) is 18.1. The first kappa shape index (κ1) is 37.6. The summed E-state index contributed by atoms with van der Waals surface area (Å²) in [6.07, 6.45) is 8.83. The zero-order valence-electron chi connectivity index (χ0n) is 33.3. The van der Waals surface area contributed by atoms with Crippen molar-refractivity contribution in [3.05, 3.63) is 265 Å². The molecular weight excluding hydrogens is 725 g/mol. The second-order valence-electron chi connectivity index (χ2n) is 14.6. The summed E-state index contributed by atoms with van der Waals surface area (Å²) < 4.78 is 0. The molecule has 9 rings (SSSR count). The van der Waals surface area contributed by atoms with E-state index in [9.17, 15) is 0 Å². The minimum atomic E-state index is 1.12. The molecule has 0 aliphatic heterocycles. The van der Waals surface area contributed by atoms with Gasteiger partial charge in [0.25, 0.3) is 0 Å². The summed E-state index contributed by atoms with van der Waals surface area (Å²) >= 11 is 0. The molecule has 0 atom stereocenters. The van der Waals surface area contributed by atoms with Crippen LogP contribution in [-0.2, 0) is 0 Å². The van der Waals surface area contributed by atoms with Gasteiger partial charge in [0.1, 0.15) is 0 Å². The highest BCUT2D eigenvalue weighted by atomic mass is 15.1. The molecule has 2 heteroatoms. The lowest BCUT2D eigenvalue weighted by Crippen LogP contribution is -2.09. The summed E-state index contributed by atoms with van der Waals surface area (Å²) in [6.45, 7) is 0. The Bertz CT molecular complexity index is 2530. The van der Waals surface area contributed by atoms with Crippen molar-refractivity contribution in [3.63, 3.8) is 0 Å². The fourth-order valence-electron chi connectivity index (χ4n) is 7.68. The van der Waals surface area contributed by atoms with E-state index in [4.69, 9.17) is 0 Å². The van der Waals surface area contributed by atoms with Gasteiger partial charge in [-0.3, -0.25) is 0 Å². The predicted octanol–water partition coefficient (Wildman–Crippen LogP) is 16.3. The molecule has 0 heterocycles. The second-order valence-corrected chi connectivity index (χ2v) is 14.6. The Hall–Kier alpha value is -7.94. The zero-order valence-corrected chi connectivity index (χ0v) is 33.3. The minimum absolute atomic E-state index is 1.12. The Balaban J connectivity index is 0.902. The van der Waals surface area contributed by atoms with E-state index in [1.165, 1.54) is 33.4 Å². The quantitative estimate of drug-likeness (QED) is 0.114. The third kappa shape index (κ3) is 8.64. The van der Waals surface area contributed by atoms with E-state index in [1.807, 2.05) is 0 Å². The van der Waals surface area contributed by atoms with Gasteiger partial charge >= 0.3 is 0 Å². The first-order chi connectivity index (χ1) is 29.8. The van der Waals surface area contributed by atoms with E-state index in [2.05, 4.69) is 277 Å². The summed E-state index contributed by atoms with van der Waals surface area (Å²) in [6, 6.07) is 85.8. The molecule has 0 bridgehead atoms. The van der Waals surface area contributed by atoms with Crippen LogP contribution in [0.5, 0.6) is 0 Å². The van der Waals surface area contributed by atoms with Crippen molar-refractivity contribution in [1.29, 1.82) is 0 Å². The van der Waals surface area contributed by atoms with Crippen LogP contribution < -0.4 is 9.80 Å². The molecule has 0 aliphatic carbocycles. The normalized spacial score (nSPS) is 11.2. The molecule has 0 spiro atoms. The summed E-state index contributed by atoms with van der Waals surface area (Å²) in [5, 5.41) is 0. The molecule has 0 radical (unpaired) electrons. The molecule has 60 heavy (non-hydrogen) atoms. The molecule has 0 amide bonds. The fourth-order valence-corrected chi connectivity index (χ4v) is 7.68. The van der Waals surface area contributed by atoms with E-state index in [1.54, 1.807) is 0 Å². The maximum Gasteiger partial charge on any atom is 0.0462 e. The largest absolute Gasteiger partial charge is 0.311 e. The Labute approximate surface area is 353 Å². The fraction of sp³-hybridized carbons (Fsp3) is 0. The van der Waals surface area contributed by atoms with Gasteiger partial charge in [-0.05, 0) is 117 Å². The van der Waals surface area contributed by atoms with Crippen LogP contribution in [0.1, 0.15) is 22.3 Å². The Kier molecular flexibility index (Phi) is 11.4. The third-order valence-electron chi connectivity index (χ3n) is 10.7. The van der Waals surface area contributed by atoms with E-state index < -0.39 is 0 Å². The molecule has 286 valence electrons. The average Bonchev–Trinajstić information content (AvgIpc) is 3.33. The number of hydrogen-bond donors (Lipinski definition) is 0. The summed E-state index contributed by atoms with van der Waals surface area (Å²) in [4.78, 5) is 4.58. The van der Waals surface area contributed by atoms with E-state index in [0.29, 0.717) is 0 Å². The highest BCUT2D eigenvalue weighted by Gasteiger charge is 2.14. The van der Waals surface area contributed by atoms with Gasteiger partial charge in [0, 0.05) is 34.1 Å². The van der Waals surface area contributed by atoms with E-state index >= 15 is 0 Å². The predicted molar refractivity (Wildman–Crippen MR) is 257 cm³/mol. The van der Waals surface area contributed by atoms with Gasteiger partial charge in [-0.2, -0.15) is 0 Å². The van der Waals surface area contributed by atoms with Crippen molar-refractivity contribution in [3.8, 4) is 22.3 Å². The molecule has 0 N–H and O–H groups in total. The lowest BCUT2D eigenvalue weighted by atomic mass is 9.98. The topological polar surface area (TPSA) is 6.48 Å². The van der Waals surface area contributed by atoms with Crippen LogP contribution in [0.15, 0.2) is 243 Å². The Morgan fingerprint density at radius 2 is 0.483 bits per heavy atom. The van der Waals surface area contributed by atoms with Crippen LogP contribution in [0.2, 0.25) is 0 Å². The zero-order chi connectivity index (χ0) is 40.4. The van der Waals surface area contributed by atoms with Gasteiger partial charge in [-0.25, -0.2) is 0 Å². The van der Waals surface area contributed by atoms with Gasteiger partial charge in [0.05, 0.1) is 0 Å². The van der Waals surface area contributed by atoms with Gasteiger partial charge < -0.3 is 9.80 Å². The number of nitrogens with zero attached hydrogens (tertiary/aromatic N) is 2. The smallest absolute Gasteiger partial charge is 0.0462 e. The summed E-state index contributed by atoms with van der Waals surface area (Å²) in [5.74, 6) is 0. The van der Waals surface area contributed by atoms with Crippen LogP contribution >= 0.6 is 0 Å². The number of benzene rings is 9. The molecule has 0 fully saturated rings. The van der Waals surface area contributed by atoms with Crippen molar-refractivity contribution in [2.45, 2.75) is 0 Å². The summed E-state index contributed by atoms with van der Waals surface area (Å²) in [5.41, 5.74) is 16.2. The Morgan fingerprint density at radius 1 is 0.217 bits per heavy atom. The van der Waals surface area contributed by atoms with Crippen molar-refractivity contribution in [1.82, 2.24) is 0 Å². The van der Waals surface area contributed by atoms with Crippen LogP contribution in [0.4, 0.5) is 34.1 Å². The van der Waals surface area contributed by atoms with Gasteiger partial charge in [0.15, 0.2) is 0 Å². The van der Waals surface area contributed by atoms with Crippen LogP contribution in [-0.4, -0.2) is 0 Å². The van der Waals surface area contributed by atoms with E-state index in [0.717, 1.165) is 45.3 Å². The number of para-hydroxylation sites is 4. The number of anilines is 6. The van der Waals surface area contributed by atoms with Crippen LogP contribution in [0.3, 0.4) is 0 Å². The van der Waals surface area contributed by atoms with Crippen molar-refractivity contribution in [2.24, 2.45) is 0 Å². The highest BCUT2D eigenvalue weighted by molar-refractivity contribution is 5.85. The molecule has 0 unspecified atom stereocenters. The monoisotopic (exact) mass is 768 g/mol. The molecule has 9 aromatic rings. The van der Waals surface area contributed by atoms with Gasteiger partial charge in [-0.1, -0.05) is 194 Å². The number of rotatable bonds is 12. The van der Waals surface area contributed by atoms with Crippen molar-refractivity contribution >= 4 is 58.4 Å². The molecular formula is C58H44N2. The molecule has 9 aromatic carbocycles. The standard InChI is InChI=1S/C58H44N2/c1-5-19-51(20-6-1)59(52-21-7-2-8-22-52)55-41-37-49(38-42-55)57-27-15-13-17-47(57)35-33-45-29-31-46(32-30-45)34-36-48-18-14-16-28-58(48)50-39-43-56(44-40-50)60(53-23-9-3-10-24-53)54-25-11-4-12-26-54/h1-44H. The van der Waals surface area contributed by atoms with E-state index in [-0.39, 0.29) is 0 Å². The Morgan fingerprint density at radius 3 is 0.800 bits per heavy atom. The van der Waals surface area contributed by atoms with Crippen molar-refractivity contribution < 1.29 is 0 Å². The number of hydrogen-bond acceptors (Lipinski definition) is 2. The first-order valence-corrected chi connectivity index (χ1v) is 20.4. The molecule has 0 aliphatic rings. The minimum Gasteiger partial charge on any atom is -0.311 e. The maximum atomic E-state index is 2.29. The summed E-state index contributed by atoms with van der Waals surface area (Å²) in [7, 11) is 0. The maximum absolute atomic E-state index is 2.29. The molecule has 0 saturated carbocycles. The van der Waals surface area contributed by atoms with Crippen molar-refractivity contribution in [2.75, 3.05) is 9.80 Å². The third-order valence-corrected chi connectivity index (χ3v) is 10.7. The van der Waals surface area contributed by atoms with Gasteiger partial charge in [0.2, 0.25) is 0 Å². The van der Waals surface area contributed by atoms with Gasteiger partial charge in [-0.15, -0.1) is 0 Å². The lowest BCUT2D eigenvalue weighted by molar-refractivity contribution is 1.28. The average molecular weight is 769 g/mol. The molecule has 2 nitrogen and oxygen atoms in total. The molecule has 0 saturated heterocycles. The highest BCUT2D eigenvalue weighted by Crippen LogP contribution is 2.38. The first-order valence-electron chi connectivity index (χ1n) is 20.4. The SMILES string of the molecule is C(=Cc1ccccc1-c1ccc(N(c2ccccc2)c2ccccc2)cc1)c1ccc(C=Cc2ccccc2-c2ccc(N(c3ccccc3)c3ccccc3)cc2)cc1. The molecule has 0 aromatic heterocycles. The van der Waals surface area contributed by atoms with Crippen LogP contribution in [0, 0.1) is 0 Å². The van der Waals surface area contributed by atoms with Crippen LogP contribution in [0.25, 0.3) is 46.6 Å². The lowest BCUT2D eigenvalue weighted by Gasteiger charge is -2.25.